The number of hydrogen-bond acceptors (Lipinski definition) is 5. The van der Waals surface area contributed by atoms with E-state index in [0.717, 1.165) is 18.2 Å². The van der Waals surface area contributed by atoms with E-state index in [1.54, 1.807) is 35.2 Å². The summed E-state index contributed by atoms with van der Waals surface area (Å²) in [6, 6.07) is 13.7. The van der Waals surface area contributed by atoms with E-state index in [2.05, 4.69) is 5.32 Å². The number of anilines is 1. The Morgan fingerprint density at radius 1 is 1.14 bits per heavy atom. The quantitative estimate of drug-likeness (QED) is 0.613. The van der Waals surface area contributed by atoms with E-state index >= 15 is 0 Å². The Labute approximate surface area is 172 Å². The number of para-hydroxylation sites is 2. The van der Waals surface area contributed by atoms with Crippen LogP contribution in [0.15, 0.2) is 48.5 Å². The van der Waals surface area contributed by atoms with Crippen LogP contribution in [0.25, 0.3) is 0 Å². The van der Waals surface area contributed by atoms with Crippen molar-refractivity contribution in [3.63, 3.8) is 0 Å². The second-order valence-corrected chi connectivity index (χ2v) is 8.25. The van der Waals surface area contributed by atoms with E-state index in [-0.39, 0.29) is 17.8 Å². The normalized spacial score (nSPS) is 12.1. The number of ether oxygens (including phenoxy) is 1. The number of nitrogens with one attached hydrogen (secondary N) is 1. The summed E-state index contributed by atoms with van der Waals surface area (Å²) in [7, 11) is -3.62. The molecule has 8 heteroatoms. The first-order chi connectivity index (χ1) is 13.7. The van der Waals surface area contributed by atoms with Crippen LogP contribution in [0.3, 0.4) is 0 Å². The summed E-state index contributed by atoms with van der Waals surface area (Å²) in [5.41, 5.74) is 1.36. The van der Waals surface area contributed by atoms with E-state index in [1.807, 2.05) is 39.0 Å². The zero-order chi connectivity index (χ0) is 21.4. The van der Waals surface area contributed by atoms with Gasteiger partial charge in [0.25, 0.3) is 0 Å². The van der Waals surface area contributed by atoms with Gasteiger partial charge in [0.2, 0.25) is 0 Å². The van der Waals surface area contributed by atoms with Gasteiger partial charge in [0, 0.05) is 12.6 Å². The van der Waals surface area contributed by atoms with E-state index in [0.29, 0.717) is 24.6 Å². The highest BCUT2D eigenvalue weighted by Crippen LogP contribution is 2.25. The van der Waals surface area contributed by atoms with Crippen LogP contribution >= 0.6 is 0 Å². The molecule has 0 saturated heterocycles. The molecule has 0 aromatic heterocycles. The largest absolute Gasteiger partial charge is 0.492 e. The molecule has 2 amide bonds. The smallest absolute Gasteiger partial charge is 0.322 e. The molecular formula is C21H28N2O5S. The Balaban J connectivity index is 2.22. The van der Waals surface area contributed by atoms with Crippen molar-refractivity contribution in [2.75, 3.05) is 18.2 Å². The van der Waals surface area contributed by atoms with Crippen LogP contribution in [0.5, 0.6) is 11.5 Å². The molecule has 0 bridgehead atoms. The first-order valence-electron chi connectivity index (χ1n) is 9.51. The third-order valence-electron chi connectivity index (χ3n) is 4.31. The molecule has 1 N–H and O–H groups in total. The number of carbonyl (C=O) groups excluding carboxylic acids is 1. The topological polar surface area (TPSA) is 84.9 Å². The fraction of sp³-hybridized carbons (Fsp3) is 0.381. The standard InChI is InChI=1S/C21H28N2O5S/c1-5-16(3)23(15-17-10-9-11-18(14-17)28-29(4,25)26)21(24)22-19-12-7-8-13-20(19)27-6-2/h7-14,16H,5-6,15H2,1-4H3,(H,22,24). The predicted molar refractivity (Wildman–Crippen MR) is 114 cm³/mol. The van der Waals surface area contributed by atoms with Crippen molar-refractivity contribution in [3.05, 3.63) is 54.1 Å². The highest BCUT2D eigenvalue weighted by Gasteiger charge is 2.21. The minimum absolute atomic E-state index is 0.0336. The van der Waals surface area contributed by atoms with E-state index in [9.17, 15) is 13.2 Å². The van der Waals surface area contributed by atoms with Crippen molar-refractivity contribution >= 4 is 21.8 Å². The molecule has 7 nitrogen and oxygen atoms in total. The fourth-order valence-electron chi connectivity index (χ4n) is 2.75. The fourth-order valence-corrected chi connectivity index (χ4v) is 3.21. The van der Waals surface area contributed by atoms with Gasteiger partial charge in [-0.15, -0.1) is 0 Å². The second kappa shape index (κ2) is 10.2. The maximum Gasteiger partial charge on any atom is 0.322 e. The van der Waals surface area contributed by atoms with Gasteiger partial charge < -0.3 is 19.1 Å². The average molecular weight is 421 g/mol. The molecule has 0 radical (unpaired) electrons. The molecule has 0 aliphatic carbocycles. The molecule has 0 spiro atoms. The minimum Gasteiger partial charge on any atom is -0.492 e. The van der Waals surface area contributed by atoms with Gasteiger partial charge >= 0.3 is 16.1 Å². The highest BCUT2D eigenvalue weighted by molar-refractivity contribution is 7.86. The molecule has 1 unspecified atom stereocenters. The molecule has 29 heavy (non-hydrogen) atoms. The van der Waals surface area contributed by atoms with Gasteiger partial charge in [0.05, 0.1) is 18.6 Å². The van der Waals surface area contributed by atoms with Gasteiger partial charge in [-0.05, 0) is 50.1 Å². The lowest BCUT2D eigenvalue weighted by molar-refractivity contribution is 0.187. The third kappa shape index (κ3) is 6.98. The number of urea groups is 1. The first-order valence-corrected chi connectivity index (χ1v) is 11.3. The van der Waals surface area contributed by atoms with Crippen molar-refractivity contribution in [1.29, 1.82) is 0 Å². The average Bonchev–Trinajstić information content (AvgIpc) is 2.66. The third-order valence-corrected chi connectivity index (χ3v) is 4.81. The van der Waals surface area contributed by atoms with Crippen LogP contribution in [0.4, 0.5) is 10.5 Å². The number of nitrogens with zero attached hydrogens (tertiary/aromatic N) is 1. The lowest BCUT2D eigenvalue weighted by Crippen LogP contribution is -2.40. The Morgan fingerprint density at radius 3 is 2.52 bits per heavy atom. The number of amides is 2. The summed E-state index contributed by atoms with van der Waals surface area (Å²) >= 11 is 0. The first kappa shape index (κ1) is 22.5. The van der Waals surface area contributed by atoms with Crippen LogP contribution in [0.2, 0.25) is 0 Å². The minimum atomic E-state index is -3.62. The molecule has 2 aromatic carbocycles. The molecule has 0 aliphatic heterocycles. The summed E-state index contributed by atoms with van der Waals surface area (Å²) in [6.07, 6.45) is 1.76. The molecule has 0 heterocycles. The van der Waals surface area contributed by atoms with E-state index in [4.69, 9.17) is 8.92 Å². The lowest BCUT2D eigenvalue weighted by atomic mass is 10.1. The number of rotatable bonds is 9. The molecule has 2 aromatic rings. The molecule has 0 aliphatic rings. The van der Waals surface area contributed by atoms with Crippen LogP contribution in [-0.2, 0) is 16.7 Å². The summed E-state index contributed by atoms with van der Waals surface area (Å²) in [6.45, 7) is 6.65. The summed E-state index contributed by atoms with van der Waals surface area (Å²) < 4.78 is 33.3. The molecule has 158 valence electrons. The SMILES string of the molecule is CCOc1ccccc1NC(=O)N(Cc1cccc(OS(C)(=O)=O)c1)C(C)CC. The molecular weight excluding hydrogens is 392 g/mol. The van der Waals surface area contributed by atoms with Gasteiger partial charge in [-0.25, -0.2) is 4.79 Å². The van der Waals surface area contributed by atoms with Crippen molar-refractivity contribution < 1.29 is 22.1 Å². The second-order valence-electron chi connectivity index (χ2n) is 6.68. The number of benzene rings is 2. The number of carbonyl (C=O) groups is 1. The van der Waals surface area contributed by atoms with Crippen molar-refractivity contribution in [2.45, 2.75) is 39.8 Å². The monoisotopic (exact) mass is 420 g/mol. The van der Waals surface area contributed by atoms with Crippen molar-refractivity contribution in [2.24, 2.45) is 0 Å². The summed E-state index contributed by atoms with van der Waals surface area (Å²) in [5, 5.41) is 2.92. The molecule has 0 fully saturated rings. The van der Waals surface area contributed by atoms with Gasteiger partial charge in [0.15, 0.2) is 0 Å². The summed E-state index contributed by atoms with van der Waals surface area (Å²) in [5.74, 6) is 0.826. The zero-order valence-corrected chi connectivity index (χ0v) is 18.0. The van der Waals surface area contributed by atoms with Crippen LogP contribution in [0, 0.1) is 0 Å². The lowest BCUT2D eigenvalue weighted by Gasteiger charge is -2.29. The maximum absolute atomic E-state index is 13.0. The Bertz CT molecular complexity index is 930. The van der Waals surface area contributed by atoms with Crippen LogP contribution in [0.1, 0.15) is 32.8 Å². The predicted octanol–water partition coefficient (Wildman–Crippen LogP) is 4.26. The Morgan fingerprint density at radius 2 is 1.86 bits per heavy atom. The molecule has 1 atom stereocenters. The Kier molecular flexibility index (Phi) is 7.90. The van der Waals surface area contributed by atoms with Crippen molar-refractivity contribution in [3.8, 4) is 11.5 Å². The maximum atomic E-state index is 13.0. The zero-order valence-electron chi connectivity index (χ0n) is 17.2. The molecule has 0 saturated carbocycles. The van der Waals surface area contributed by atoms with Gasteiger partial charge in [-0.2, -0.15) is 8.42 Å². The van der Waals surface area contributed by atoms with Crippen LogP contribution in [-0.4, -0.2) is 38.3 Å². The van der Waals surface area contributed by atoms with Gasteiger partial charge in [-0.1, -0.05) is 31.2 Å². The Hall–Kier alpha value is -2.74. The van der Waals surface area contributed by atoms with Crippen LogP contribution < -0.4 is 14.2 Å². The molecule has 2 rings (SSSR count). The highest BCUT2D eigenvalue weighted by atomic mass is 32.2. The van der Waals surface area contributed by atoms with E-state index in [1.165, 1.54) is 0 Å². The van der Waals surface area contributed by atoms with E-state index < -0.39 is 10.1 Å². The van der Waals surface area contributed by atoms with Gasteiger partial charge in [0.1, 0.15) is 11.5 Å². The van der Waals surface area contributed by atoms with Crippen molar-refractivity contribution in [1.82, 2.24) is 4.90 Å². The van der Waals surface area contributed by atoms with Gasteiger partial charge in [-0.3, -0.25) is 0 Å². The number of hydrogen-bond donors (Lipinski definition) is 1. The summed E-state index contributed by atoms with van der Waals surface area (Å²) in [4.78, 5) is 14.7.